The Labute approximate surface area is 111 Å². The van der Waals surface area contributed by atoms with Crippen LogP contribution in [0.3, 0.4) is 0 Å². The summed E-state index contributed by atoms with van der Waals surface area (Å²) in [6.45, 7) is 0. The lowest BCUT2D eigenvalue weighted by molar-refractivity contribution is -0.132. The number of benzene rings is 1. The number of carbonyl (C=O) groups is 2. The van der Waals surface area contributed by atoms with Gasteiger partial charge in [0.25, 0.3) is 5.91 Å². The topological polar surface area (TPSA) is 37.4 Å². The van der Waals surface area contributed by atoms with Crippen LogP contribution in [0.25, 0.3) is 0 Å². The van der Waals surface area contributed by atoms with Gasteiger partial charge in [0, 0.05) is 12.6 Å². The molecule has 7 heteroatoms. The fourth-order valence-electron chi connectivity index (χ4n) is 1.87. The maximum atomic E-state index is 12.5. The monoisotopic (exact) mass is 291 g/mol. The summed E-state index contributed by atoms with van der Waals surface area (Å²) >= 11 is 5.32. The summed E-state index contributed by atoms with van der Waals surface area (Å²) in [5.74, 6) is -0.998. The van der Waals surface area contributed by atoms with Gasteiger partial charge in [-0.25, -0.2) is 0 Å². The number of hydrogen-bond donors (Lipinski definition) is 0. The molecule has 1 heterocycles. The van der Waals surface area contributed by atoms with Crippen LogP contribution in [0.4, 0.5) is 13.2 Å². The van der Waals surface area contributed by atoms with E-state index in [4.69, 9.17) is 11.6 Å². The van der Waals surface area contributed by atoms with Crippen LogP contribution in [0, 0.1) is 0 Å². The number of halogens is 4. The van der Waals surface area contributed by atoms with E-state index in [0.29, 0.717) is 5.56 Å². The molecule has 1 aromatic rings. The van der Waals surface area contributed by atoms with E-state index in [-0.39, 0.29) is 23.5 Å². The van der Waals surface area contributed by atoms with Crippen molar-refractivity contribution in [2.24, 2.45) is 0 Å². The molecule has 1 aliphatic rings. The Balaban J connectivity index is 2.45. The van der Waals surface area contributed by atoms with E-state index < -0.39 is 17.5 Å². The van der Waals surface area contributed by atoms with Crippen LogP contribution in [0.1, 0.15) is 26.9 Å². The second-order valence-corrected chi connectivity index (χ2v) is 4.69. The molecule has 0 spiro atoms. The van der Waals surface area contributed by atoms with Gasteiger partial charge in [0.1, 0.15) is 0 Å². The molecule has 0 aliphatic carbocycles. The number of rotatable bonds is 1. The van der Waals surface area contributed by atoms with E-state index >= 15 is 0 Å². The van der Waals surface area contributed by atoms with Gasteiger partial charge in [-0.15, -0.1) is 11.6 Å². The first-order valence-corrected chi connectivity index (χ1v) is 5.80. The van der Waals surface area contributed by atoms with Gasteiger partial charge in [0.05, 0.1) is 6.42 Å². The van der Waals surface area contributed by atoms with Gasteiger partial charge in [0.15, 0.2) is 5.38 Å². The Morgan fingerprint density at radius 1 is 1.32 bits per heavy atom. The minimum absolute atomic E-state index is 0.00315. The zero-order chi connectivity index (χ0) is 14.4. The lowest BCUT2D eigenvalue weighted by atomic mass is 9.95. The Kier molecular flexibility index (Phi) is 3.30. The fraction of sp³-hybridized carbons (Fsp3) is 0.333. The van der Waals surface area contributed by atoms with E-state index in [1.54, 1.807) is 0 Å². The average Bonchev–Trinajstić information content (AvgIpc) is 2.34. The molecule has 0 bridgehead atoms. The van der Waals surface area contributed by atoms with Crippen molar-refractivity contribution in [1.29, 1.82) is 0 Å². The predicted molar refractivity (Wildman–Crippen MR) is 61.9 cm³/mol. The molecule has 1 atom stereocenters. The third-order valence-electron chi connectivity index (χ3n) is 2.96. The molecular weight excluding hydrogens is 283 g/mol. The minimum Gasteiger partial charge on any atom is -0.281 e. The minimum atomic E-state index is -4.59. The highest BCUT2D eigenvalue weighted by molar-refractivity contribution is 6.21. The van der Waals surface area contributed by atoms with Crippen LogP contribution in [-0.2, 0) is 11.2 Å². The van der Waals surface area contributed by atoms with E-state index in [1.165, 1.54) is 19.2 Å². The molecule has 102 valence electrons. The van der Waals surface area contributed by atoms with Crippen molar-refractivity contribution in [3.05, 3.63) is 34.9 Å². The van der Waals surface area contributed by atoms with Crippen LogP contribution in [-0.4, -0.2) is 29.9 Å². The van der Waals surface area contributed by atoms with Crippen molar-refractivity contribution >= 4 is 23.4 Å². The molecule has 0 saturated heterocycles. The highest BCUT2D eigenvalue weighted by Crippen LogP contribution is 2.39. The number of likely N-dealkylation sites (N-methyl/N-ethyl adjacent to an activating group) is 1. The molecule has 2 amide bonds. The van der Waals surface area contributed by atoms with Crippen LogP contribution in [0.15, 0.2) is 18.2 Å². The summed E-state index contributed by atoms with van der Waals surface area (Å²) in [5.41, 5.74) is 0.307. The summed E-state index contributed by atoms with van der Waals surface area (Å²) in [5, 5.41) is -2.17. The van der Waals surface area contributed by atoms with Gasteiger partial charge >= 0.3 is 6.18 Å². The lowest BCUT2D eigenvalue weighted by Crippen LogP contribution is -2.39. The first kappa shape index (κ1) is 13.9. The third-order valence-corrected chi connectivity index (χ3v) is 3.46. The summed E-state index contributed by atoms with van der Waals surface area (Å²) in [4.78, 5) is 24.2. The first-order valence-electron chi connectivity index (χ1n) is 5.36. The molecule has 0 radical (unpaired) electrons. The van der Waals surface area contributed by atoms with Gasteiger partial charge in [-0.3, -0.25) is 14.5 Å². The van der Waals surface area contributed by atoms with Gasteiger partial charge in [-0.2, -0.15) is 13.2 Å². The van der Waals surface area contributed by atoms with Gasteiger partial charge in [-0.1, -0.05) is 12.1 Å². The van der Waals surface area contributed by atoms with Crippen molar-refractivity contribution in [2.45, 2.75) is 18.0 Å². The highest BCUT2D eigenvalue weighted by Gasteiger charge is 2.40. The summed E-state index contributed by atoms with van der Waals surface area (Å²) < 4.78 is 37.6. The SMILES string of the molecule is CN1C(=O)Cc2ccc(C(Cl)C(F)(F)F)cc2C1=O. The maximum Gasteiger partial charge on any atom is 0.408 e. The van der Waals surface area contributed by atoms with Crippen LogP contribution >= 0.6 is 11.6 Å². The Bertz CT molecular complexity index is 556. The molecule has 1 aromatic carbocycles. The third kappa shape index (κ3) is 2.45. The van der Waals surface area contributed by atoms with Gasteiger partial charge in [-0.05, 0) is 17.2 Å². The Morgan fingerprint density at radius 2 is 1.95 bits per heavy atom. The van der Waals surface area contributed by atoms with Gasteiger partial charge < -0.3 is 0 Å². The van der Waals surface area contributed by atoms with E-state index in [2.05, 4.69) is 0 Å². The second-order valence-electron chi connectivity index (χ2n) is 4.26. The number of carbonyl (C=O) groups excluding carboxylic acids is 2. The van der Waals surface area contributed by atoms with Crippen molar-refractivity contribution in [3.8, 4) is 0 Å². The molecule has 0 N–H and O–H groups in total. The Hall–Kier alpha value is -1.56. The zero-order valence-corrected chi connectivity index (χ0v) is 10.5. The second kappa shape index (κ2) is 4.52. The van der Waals surface area contributed by atoms with E-state index in [0.717, 1.165) is 11.0 Å². The molecular formula is C12H9ClF3NO2. The van der Waals surface area contributed by atoms with Gasteiger partial charge in [0.2, 0.25) is 5.91 Å². The normalized spacial score (nSPS) is 17.4. The first-order chi connectivity index (χ1) is 8.71. The van der Waals surface area contributed by atoms with Crippen molar-refractivity contribution < 1.29 is 22.8 Å². The molecule has 1 unspecified atom stereocenters. The highest BCUT2D eigenvalue weighted by atomic mass is 35.5. The fourth-order valence-corrected chi connectivity index (χ4v) is 2.01. The molecule has 1 aliphatic heterocycles. The summed E-state index contributed by atoms with van der Waals surface area (Å²) in [6, 6.07) is 3.64. The van der Waals surface area contributed by atoms with Crippen LogP contribution in [0.2, 0.25) is 0 Å². The van der Waals surface area contributed by atoms with E-state index in [1.807, 2.05) is 0 Å². The number of alkyl halides is 4. The number of nitrogens with zero attached hydrogens (tertiary/aromatic N) is 1. The largest absolute Gasteiger partial charge is 0.408 e. The smallest absolute Gasteiger partial charge is 0.281 e. The molecule has 19 heavy (non-hydrogen) atoms. The Morgan fingerprint density at radius 3 is 2.53 bits per heavy atom. The summed E-state index contributed by atoms with van der Waals surface area (Å²) in [6.07, 6.45) is -4.59. The number of fused-ring (bicyclic) bond motifs is 1. The molecule has 0 aromatic heterocycles. The van der Waals surface area contributed by atoms with Crippen molar-refractivity contribution in [1.82, 2.24) is 4.90 Å². The van der Waals surface area contributed by atoms with Crippen molar-refractivity contribution in [2.75, 3.05) is 7.05 Å². The molecule has 0 fully saturated rings. The van der Waals surface area contributed by atoms with E-state index in [9.17, 15) is 22.8 Å². The average molecular weight is 292 g/mol. The molecule has 0 saturated carbocycles. The maximum absolute atomic E-state index is 12.5. The standard InChI is InChI=1S/C12H9ClF3NO2/c1-17-9(18)5-6-2-3-7(4-8(6)11(17)19)10(13)12(14,15)16/h2-4,10H,5H2,1H3. The van der Waals surface area contributed by atoms with Crippen LogP contribution < -0.4 is 0 Å². The predicted octanol–water partition coefficient (Wildman–Crippen LogP) is 2.68. The molecule has 3 nitrogen and oxygen atoms in total. The lowest BCUT2D eigenvalue weighted by Gasteiger charge is -2.24. The number of hydrogen-bond acceptors (Lipinski definition) is 2. The quantitative estimate of drug-likeness (QED) is 0.589. The van der Waals surface area contributed by atoms with Crippen molar-refractivity contribution in [3.63, 3.8) is 0 Å². The number of imide groups is 1. The molecule has 2 rings (SSSR count). The number of amides is 2. The van der Waals surface area contributed by atoms with Crippen LogP contribution in [0.5, 0.6) is 0 Å². The summed E-state index contributed by atoms with van der Waals surface area (Å²) in [7, 11) is 1.29. The zero-order valence-electron chi connectivity index (χ0n) is 9.79.